The van der Waals surface area contributed by atoms with Crippen LogP contribution in [0.15, 0.2) is 53.1 Å². The van der Waals surface area contributed by atoms with Gasteiger partial charge >= 0.3 is 24.0 Å². The van der Waals surface area contributed by atoms with Crippen molar-refractivity contribution in [1.29, 1.82) is 0 Å². The topological polar surface area (TPSA) is 112 Å². The summed E-state index contributed by atoms with van der Waals surface area (Å²) in [5.74, 6) is -11.3. The Balaban J connectivity index is 1.55. The molecule has 0 heterocycles. The molecule has 4 aliphatic carbocycles. The summed E-state index contributed by atoms with van der Waals surface area (Å²) < 4.78 is 71.4. The summed E-state index contributed by atoms with van der Waals surface area (Å²) in [5.41, 5.74) is -0.945. The van der Waals surface area contributed by atoms with E-state index in [1.807, 2.05) is 0 Å². The van der Waals surface area contributed by atoms with Crippen LogP contribution in [0.3, 0.4) is 0 Å². The van der Waals surface area contributed by atoms with Gasteiger partial charge in [-0.15, -0.1) is 0 Å². The summed E-state index contributed by atoms with van der Waals surface area (Å²) in [6.07, 6.45) is -0.601. The molecule has 0 spiro atoms. The fourth-order valence-electron chi connectivity index (χ4n) is 8.20. The van der Waals surface area contributed by atoms with Gasteiger partial charge in [0.2, 0.25) is 0 Å². The van der Waals surface area contributed by atoms with Gasteiger partial charge in [-0.25, -0.2) is 0 Å². The first-order valence-corrected chi connectivity index (χ1v) is 14.4. The van der Waals surface area contributed by atoms with Crippen LogP contribution < -0.4 is 0 Å². The highest BCUT2D eigenvalue weighted by Crippen LogP contribution is 2.70. The molecule has 0 bridgehead atoms. The Bertz CT molecular complexity index is 1410. The Hall–Kier alpha value is -3.34. The van der Waals surface area contributed by atoms with Gasteiger partial charge in [0.05, 0.1) is 0 Å². The van der Waals surface area contributed by atoms with Gasteiger partial charge in [-0.1, -0.05) is 48.9 Å². The van der Waals surface area contributed by atoms with Crippen molar-refractivity contribution in [3.63, 3.8) is 0 Å². The lowest BCUT2D eigenvalue weighted by atomic mass is 9.50. The average Bonchev–Trinajstić information content (AvgIpc) is 3.21. The number of alkyl halides is 5. The second kappa shape index (κ2) is 10.7. The highest BCUT2D eigenvalue weighted by atomic mass is 19.4. The zero-order valence-electron chi connectivity index (χ0n) is 23.5. The molecule has 0 aliphatic heterocycles. The van der Waals surface area contributed by atoms with E-state index in [1.165, 1.54) is 13.0 Å². The fraction of sp³-hybridized carbons (Fsp3) is 0.531. The van der Waals surface area contributed by atoms with Gasteiger partial charge in [0.15, 0.2) is 11.7 Å². The molecule has 1 aromatic rings. The number of carboxylic acids is 2. The number of carbonyl (C=O) groups excluding carboxylic acids is 1. The summed E-state index contributed by atoms with van der Waals surface area (Å²) in [6.45, 7) is 1.37. The van der Waals surface area contributed by atoms with E-state index in [0.717, 1.165) is 16.7 Å². The van der Waals surface area contributed by atoms with Crippen LogP contribution >= 0.6 is 0 Å². The second-order valence-electron chi connectivity index (χ2n) is 12.5. The molecule has 3 N–H and O–H groups in total. The third-order valence-corrected chi connectivity index (χ3v) is 10.4. The minimum atomic E-state index is -5.92. The molecule has 4 aliphatic rings. The van der Waals surface area contributed by atoms with Gasteiger partial charge in [-0.3, -0.25) is 14.4 Å². The third-order valence-electron chi connectivity index (χ3n) is 10.4. The SMILES string of the molecule is C[C@]12C[C@H](c3ccc(/C=C/CC(C(=O)O)C(=O)O)cc3)C3=C4CCC(=O)C=C4CC[C@H]3[C@@H]1CC[C@@]2(O)C(F)(F)C(F)(F)F. The van der Waals surface area contributed by atoms with E-state index in [0.29, 0.717) is 30.4 Å². The van der Waals surface area contributed by atoms with E-state index in [1.54, 1.807) is 36.4 Å². The van der Waals surface area contributed by atoms with Crippen LogP contribution in [0.1, 0.15) is 75.3 Å². The number of hydrogen-bond donors (Lipinski definition) is 3. The first-order chi connectivity index (χ1) is 20.0. The third kappa shape index (κ3) is 4.93. The maximum absolute atomic E-state index is 15.1. The predicted molar refractivity (Wildman–Crippen MR) is 145 cm³/mol. The van der Waals surface area contributed by atoms with Crippen LogP contribution in [0.5, 0.6) is 0 Å². The molecule has 2 saturated carbocycles. The van der Waals surface area contributed by atoms with E-state index in [2.05, 4.69) is 0 Å². The average molecular weight is 609 g/mol. The van der Waals surface area contributed by atoms with Gasteiger partial charge in [0.1, 0.15) is 5.60 Å². The number of benzene rings is 1. The first kappa shape index (κ1) is 31.1. The number of aliphatic carboxylic acids is 2. The van der Waals surface area contributed by atoms with E-state index in [4.69, 9.17) is 10.2 Å². The normalized spacial score (nSPS) is 31.1. The molecule has 5 atom stereocenters. The zero-order chi connectivity index (χ0) is 31.5. The Morgan fingerprint density at radius 1 is 1.02 bits per heavy atom. The molecule has 6 nitrogen and oxygen atoms in total. The lowest BCUT2D eigenvalue weighted by molar-refractivity contribution is -0.362. The number of rotatable bonds is 7. The summed E-state index contributed by atoms with van der Waals surface area (Å²) >= 11 is 0. The van der Waals surface area contributed by atoms with E-state index in [-0.39, 0.29) is 37.4 Å². The number of ketones is 1. The maximum atomic E-state index is 15.1. The number of hydrogen-bond acceptors (Lipinski definition) is 4. The predicted octanol–water partition coefficient (Wildman–Crippen LogP) is 6.70. The Morgan fingerprint density at radius 3 is 2.28 bits per heavy atom. The van der Waals surface area contributed by atoms with Gasteiger partial charge in [-0.05, 0) is 85.1 Å². The van der Waals surface area contributed by atoms with Crippen molar-refractivity contribution in [1.82, 2.24) is 0 Å². The molecule has 0 saturated heterocycles. The lowest BCUT2D eigenvalue weighted by Crippen LogP contribution is -2.65. The smallest absolute Gasteiger partial charge is 0.456 e. The number of carboxylic acid groups (broad SMARTS) is 2. The standard InChI is InChI=1S/C32H33F5O6/c1-29-16-24(18-7-5-17(6-8-18)3-2-4-23(27(39)40)28(41)42)26-21-12-10-20(38)15-19(21)9-11-22(26)25(29)13-14-30(29,43)31(33,34)32(35,36)37/h2-3,5-8,15,22-25,43H,4,9-14,16H2,1H3,(H,39,40)(H,41,42)/b3-2+/t22-,24+,25-,29-,30-/m0/s1. The van der Waals surface area contributed by atoms with Gasteiger partial charge in [-0.2, -0.15) is 22.0 Å². The Kier molecular flexibility index (Phi) is 7.72. The molecule has 0 unspecified atom stereocenters. The van der Waals surface area contributed by atoms with Crippen LogP contribution in [0, 0.1) is 23.2 Å². The van der Waals surface area contributed by atoms with Crippen molar-refractivity contribution < 1.29 is 51.7 Å². The van der Waals surface area contributed by atoms with Crippen LogP contribution in [0.4, 0.5) is 22.0 Å². The zero-order valence-corrected chi connectivity index (χ0v) is 23.5. The highest BCUT2D eigenvalue weighted by Gasteiger charge is 2.79. The van der Waals surface area contributed by atoms with Gasteiger partial charge in [0, 0.05) is 17.8 Å². The quantitative estimate of drug-likeness (QED) is 0.235. The Morgan fingerprint density at radius 2 is 1.67 bits per heavy atom. The molecule has 0 amide bonds. The van der Waals surface area contributed by atoms with Crippen molar-refractivity contribution >= 4 is 23.8 Å². The first-order valence-electron chi connectivity index (χ1n) is 14.4. The van der Waals surface area contributed by atoms with Gasteiger partial charge in [0.25, 0.3) is 0 Å². The summed E-state index contributed by atoms with van der Waals surface area (Å²) in [7, 11) is 0. The summed E-state index contributed by atoms with van der Waals surface area (Å²) in [4.78, 5) is 34.5. The van der Waals surface area contributed by atoms with Crippen LogP contribution in [0.25, 0.3) is 6.08 Å². The van der Waals surface area contributed by atoms with Gasteiger partial charge < -0.3 is 15.3 Å². The highest BCUT2D eigenvalue weighted by molar-refractivity contribution is 5.93. The number of carbonyl (C=O) groups is 3. The molecule has 43 heavy (non-hydrogen) atoms. The molecule has 1 aromatic carbocycles. The van der Waals surface area contributed by atoms with Crippen molar-refractivity contribution in [2.45, 2.75) is 81.9 Å². The molecule has 232 valence electrons. The molecule has 5 rings (SSSR count). The van der Waals surface area contributed by atoms with E-state index >= 15 is 8.78 Å². The second-order valence-corrected chi connectivity index (χ2v) is 12.5. The van der Waals surface area contributed by atoms with Crippen LogP contribution in [0.2, 0.25) is 0 Å². The lowest BCUT2D eigenvalue weighted by Gasteiger charge is -2.56. The number of fused-ring (bicyclic) bond motifs is 4. The molecule has 11 heteroatoms. The van der Waals surface area contributed by atoms with Crippen molar-refractivity contribution in [3.05, 3.63) is 64.3 Å². The number of allylic oxidation sites excluding steroid dienone is 5. The molecule has 0 aromatic heterocycles. The van der Waals surface area contributed by atoms with E-state index < -0.39 is 59.2 Å². The monoisotopic (exact) mass is 608 g/mol. The maximum Gasteiger partial charge on any atom is 0.456 e. The number of aliphatic hydroxyl groups is 1. The molecule has 2 fully saturated rings. The van der Waals surface area contributed by atoms with E-state index in [9.17, 15) is 32.7 Å². The Labute approximate surface area is 245 Å². The minimum absolute atomic E-state index is 0.000709. The van der Waals surface area contributed by atoms with Crippen LogP contribution in [-0.2, 0) is 14.4 Å². The van der Waals surface area contributed by atoms with Crippen molar-refractivity contribution in [2.24, 2.45) is 23.2 Å². The fourth-order valence-corrected chi connectivity index (χ4v) is 8.20. The molecule has 0 radical (unpaired) electrons. The minimum Gasteiger partial charge on any atom is -0.481 e. The molecular weight excluding hydrogens is 575 g/mol. The summed E-state index contributed by atoms with van der Waals surface area (Å²) in [6, 6.07) is 6.83. The largest absolute Gasteiger partial charge is 0.481 e. The van der Waals surface area contributed by atoms with Crippen molar-refractivity contribution in [2.75, 3.05) is 0 Å². The number of halogens is 5. The van der Waals surface area contributed by atoms with Crippen LogP contribution in [-0.4, -0.2) is 50.7 Å². The molecular formula is C32H33F5O6. The van der Waals surface area contributed by atoms with Crippen molar-refractivity contribution in [3.8, 4) is 0 Å². The summed E-state index contributed by atoms with van der Waals surface area (Å²) in [5, 5.41) is 29.5.